The number of hydrogen-bond acceptors (Lipinski definition) is 3. The second kappa shape index (κ2) is 24.5. The molecular formula is C25H51NO2. The van der Waals surface area contributed by atoms with E-state index in [0.717, 1.165) is 39.0 Å². The molecule has 0 atom stereocenters. The lowest BCUT2D eigenvalue weighted by molar-refractivity contribution is -0.146. The zero-order valence-corrected chi connectivity index (χ0v) is 19.3. The highest BCUT2D eigenvalue weighted by atomic mass is 16.7. The number of ether oxygens (including phenoxy) is 2. The van der Waals surface area contributed by atoms with Crippen LogP contribution in [-0.4, -0.2) is 26.0 Å². The molecule has 0 saturated carbocycles. The van der Waals surface area contributed by atoms with Crippen molar-refractivity contribution in [3.05, 3.63) is 12.8 Å². The molecule has 1 N–H and O–H groups in total. The minimum absolute atomic E-state index is 0.0680. The summed E-state index contributed by atoms with van der Waals surface area (Å²) in [6.07, 6.45) is 23.9. The van der Waals surface area contributed by atoms with Crippen molar-refractivity contribution in [2.45, 2.75) is 129 Å². The van der Waals surface area contributed by atoms with E-state index < -0.39 is 0 Å². The van der Waals surface area contributed by atoms with E-state index in [1.165, 1.54) is 89.9 Å². The van der Waals surface area contributed by atoms with Crippen molar-refractivity contribution in [2.75, 3.05) is 19.8 Å². The van der Waals surface area contributed by atoms with Crippen molar-refractivity contribution in [1.29, 1.82) is 0 Å². The average Bonchev–Trinajstić information content (AvgIpc) is 2.71. The molecule has 168 valence electrons. The largest absolute Gasteiger partial charge is 0.391 e. The maximum Gasteiger partial charge on any atom is 0.159 e. The first-order valence-electron chi connectivity index (χ1n) is 12.4. The maximum absolute atomic E-state index is 6.01. The lowest BCUT2D eigenvalue weighted by Crippen LogP contribution is -2.23. The van der Waals surface area contributed by atoms with E-state index in [1.54, 1.807) is 6.20 Å². The summed E-state index contributed by atoms with van der Waals surface area (Å²) in [5.74, 6) is 0. The van der Waals surface area contributed by atoms with E-state index in [9.17, 15) is 0 Å². The molecule has 0 aromatic heterocycles. The second-order valence-corrected chi connectivity index (χ2v) is 8.07. The molecule has 0 bridgehead atoms. The van der Waals surface area contributed by atoms with Gasteiger partial charge in [0.15, 0.2) is 6.29 Å². The van der Waals surface area contributed by atoms with Gasteiger partial charge in [0, 0.05) is 26.2 Å². The fourth-order valence-electron chi connectivity index (χ4n) is 3.42. The molecule has 0 aromatic carbocycles. The van der Waals surface area contributed by atoms with Gasteiger partial charge >= 0.3 is 0 Å². The molecule has 0 aromatic rings. The average molecular weight is 398 g/mol. The van der Waals surface area contributed by atoms with Crippen molar-refractivity contribution < 1.29 is 9.47 Å². The van der Waals surface area contributed by atoms with Crippen LogP contribution in [0.4, 0.5) is 0 Å². The fraction of sp³-hybridized carbons (Fsp3) is 0.920. The minimum atomic E-state index is -0.0680. The van der Waals surface area contributed by atoms with E-state index in [1.807, 2.05) is 0 Å². The minimum Gasteiger partial charge on any atom is -0.391 e. The first-order valence-corrected chi connectivity index (χ1v) is 12.4. The zero-order valence-electron chi connectivity index (χ0n) is 19.3. The van der Waals surface area contributed by atoms with Gasteiger partial charge in [-0.1, -0.05) is 110 Å². The summed E-state index contributed by atoms with van der Waals surface area (Å²) < 4.78 is 12.0. The van der Waals surface area contributed by atoms with Crippen LogP contribution in [0.5, 0.6) is 0 Å². The van der Waals surface area contributed by atoms with Crippen LogP contribution in [0, 0.1) is 0 Å². The third kappa shape index (κ3) is 21.8. The van der Waals surface area contributed by atoms with Gasteiger partial charge < -0.3 is 14.8 Å². The van der Waals surface area contributed by atoms with Crippen LogP contribution < -0.4 is 5.32 Å². The van der Waals surface area contributed by atoms with Crippen LogP contribution in [-0.2, 0) is 9.47 Å². The predicted molar refractivity (Wildman–Crippen MR) is 124 cm³/mol. The molecule has 3 heteroatoms. The van der Waals surface area contributed by atoms with Crippen molar-refractivity contribution >= 4 is 0 Å². The number of unbranched alkanes of at least 4 members (excludes halogenated alkanes) is 14. The standard InChI is InChI=1S/C25H51NO2/c1-4-7-9-11-13-15-17-19-23-27-25(21-22-26-6-3)28-24-20-18-16-14-12-10-8-5-2/h6,25-26H,3-5,7-24H2,1-2H3. The molecule has 0 heterocycles. The van der Waals surface area contributed by atoms with Gasteiger partial charge in [-0.05, 0) is 19.0 Å². The molecule has 0 rings (SSSR count). The summed E-state index contributed by atoms with van der Waals surface area (Å²) in [5.41, 5.74) is 0. The Balaban J connectivity index is 3.63. The highest BCUT2D eigenvalue weighted by molar-refractivity contribution is 4.63. The van der Waals surface area contributed by atoms with Gasteiger partial charge in [-0.25, -0.2) is 0 Å². The van der Waals surface area contributed by atoms with Crippen LogP contribution >= 0.6 is 0 Å². The summed E-state index contributed by atoms with van der Waals surface area (Å²) in [4.78, 5) is 0. The highest BCUT2D eigenvalue weighted by Crippen LogP contribution is 2.11. The smallest absolute Gasteiger partial charge is 0.159 e. The summed E-state index contributed by atoms with van der Waals surface area (Å²) >= 11 is 0. The molecule has 0 fully saturated rings. The van der Waals surface area contributed by atoms with Crippen molar-refractivity contribution in [3.8, 4) is 0 Å². The Morgan fingerprint density at radius 1 is 0.643 bits per heavy atom. The van der Waals surface area contributed by atoms with Gasteiger partial charge in [0.25, 0.3) is 0 Å². The van der Waals surface area contributed by atoms with Crippen LogP contribution in [0.25, 0.3) is 0 Å². The number of rotatable bonds is 24. The van der Waals surface area contributed by atoms with Gasteiger partial charge in [-0.15, -0.1) is 0 Å². The zero-order chi connectivity index (χ0) is 20.5. The van der Waals surface area contributed by atoms with Gasteiger partial charge in [-0.3, -0.25) is 0 Å². The van der Waals surface area contributed by atoms with Gasteiger partial charge in [0.1, 0.15) is 0 Å². The summed E-state index contributed by atoms with van der Waals surface area (Å²) in [7, 11) is 0. The molecule has 28 heavy (non-hydrogen) atoms. The topological polar surface area (TPSA) is 30.5 Å². The third-order valence-corrected chi connectivity index (χ3v) is 5.27. The molecule has 0 aliphatic heterocycles. The van der Waals surface area contributed by atoms with Gasteiger partial charge in [0.2, 0.25) is 0 Å². The molecule has 3 nitrogen and oxygen atoms in total. The molecule has 0 aliphatic rings. The molecule has 0 radical (unpaired) electrons. The SMILES string of the molecule is C=CNCCC(OCCCCCCCCCC)OCCCCCCCCCC. The maximum atomic E-state index is 6.01. The Hall–Kier alpha value is -0.540. The predicted octanol–water partition coefficient (Wildman–Crippen LogP) is 7.75. The Bertz CT molecular complexity index is 274. The fourth-order valence-corrected chi connectivity index (χ4v) is 3.42. The van der Waals surface area contributed by atoms with Gasteiger partial charge in [-0.2, -0.15) is 0 Å². The van der Waals surface area contributed by atoms with Crippen LogP contribution in [0.15, 0.2) is 12.8 Å². The lowest BCUT2D eigenvalue weighted by Gasteiger charge is -2.19. The summed E-state index contributed by atoms with van der Waals surface area (Å²) in [5, 5.41) is 3.15. The molecule has 0 saturated heterocycles. The molecular weight excluding hydrogens is 346 g/mol. The monoisotopic (exact) mass is 397 g/mol. The lowest BCUT2D eigenvalue weighted by atomic mass is 10.1. The van der Waals surface area contributed by atoms with Crippen molar-refractivity contribution in [3.63, 3.8) is 0 Å². The third-order valence-electron chi connectivity index (χ3n) is 5.27. The first-order chi connectivity index (χ1) is 13.8. The van der Waals surface area contributed by atoms with Crippen LogP contribution in [0.1, 0.15) is 123 Å². The van der Waals surface area contributed by atoms with E-state index >= 15 is 0 Å². The van der Waals surface area contributed by atoms with Crippen molar-refractivity contribution in [2.24, 2.45) is 0 Å². The van der Waals surface area contributed by atoms with Crippen molar-refractivity contribution in [1.82, 2.24) is 5.32 Å². The normalized spacial score (nSPS) is 11.2. The van der Waals surface area contributed by atoms with Gasteiger partial charge in [0.05, 0.1) is 0 Å². The second-order valence-electron chi connectivity index (χ2n) is 8.07. The summed E-state index contributed by atoms with van der Waals surface area (Å²) in [6.45, 7) is 10.8. The Labute approximate surface area is 177 Å². The Kier molecular flexibility index (Phi) is 24.0. The van der Waals surface area contributed by atoms with Crippen LogP contribution in [0.2, 0.25) is 0 Å². The molecule has 0 amide bonds. The number of hydrogen-bond donors (Lipinski definition) is 1. The molecule has 0 aliphatic carbocycles. The highest BCUT2D eigenvalue weighted by Gasteiger charge is 2.08. The quantitative estimate of drug-likeness (QED) is 0.133. The van der Waals surface area contributed by atoms with Crippen LogP contribution in [0.3, 0.4) is 0 Å². The van der Waals surface area contributed by atoms with E-state index in [4.69, 9.17) is 9.47 Å². The first kappa shape index (κ1) is 27.5. The van der Waals surface area contributed by atoms with E-state index in [2.05, 4.69) is 25.7 Å². The number of nitrogens with one attached hydrogen (secondary N) is 1. The molecule has 0 spiro atoms. The van der Waals surface area contributed by atoms with E-state index in [-0.39, 0.29) is 6.29 Å². The van der Waals surface area contributed by atoms with E-state index in [0.29, 0.717) is 0 Å². The molecule has 0 unspecified atom stereocenters. The Morgan fingerprint density at radius 2 is 1.04 bits per heavy atom. The Morgan fingerprint density at radius 3 is 1.43 bits per heavy atom. The summed E-state index contributed by atoms with van der Waals surface area (Å²) in [6, 6.07) is 0.